The second-order valence-electron chi connectivity index (χ2n) is 9.15. The molecule has 0 fully saturated rings. The summed E-state index contributed by atoms with van der Waals surface area (Å²) in [4.78, 5) is 60.8. The van der Waals surface area contributed by atoms with E-state index in [9.17, 15) is 29.4 Å². The van der Waals surface area contributed by atoms with Gasteiger partial charge in [-0.3, -0.25) is 19.4 Å². The zero-order chi connectivity index (χ0) is 28.1. The maximum Gasteiger partial charge on any atom is 0.326 e. The van der Waals surface area contributed by atoms with Gasteiger partial charge in [-0.25, -0.2) is 9.78 Å². The van der Waals surface area contributed by atoms with E-state index in [0.29, 0.717) is 12.1 Å². The van der Waals surface area contributed by atoms with Gasteiger partial charge in [0, 0.05) is 24.9 Å². The van der Waals surface area contributed by atoms with Gasteiger partial charge in [-0.2, -0.15) is 0 Å². The number of aliphatic imine (C=N–C) groups is 1. The summed E-state index contributed by atoms with van der Waals surface area (Å²) >= 11 is 0. The Balaban J connectivity index is 3.01. The summed E-state index contributed by atoms with van der Waals surface area (Å²) in [5, 5.41) is 26.7. The van der Waals surface area contributed by atoms with Gasteiger partial charge in [-0.15, -0.1) is 0 Å². The van der Waals surface area contributed by atoms with Crippen LogP contribution in [0.3, 0.4) is 0 Å². The van der Waals surface area contributed by atoms with E-state index in [1.165, 1.54) is 19.4 Å². The first kappa shape index (κ1) is 31.3. The topological polar surface area (TPSA) is 264 Å². The van der Waals surface area contributed by atoms with Gasteiger partial charge in [0.15, 0.2) is 5.96 Å². The maximum absolute atomic E-state index is 13.2. The standard InChI is InChI=1S/C22H39N9O6/c1-11(2)7-15(18(33)29-14(21(36)37)5-4-6-27-22(24)25)30-19(34)16(8-13-9-26-10-28-13)31-20(35)17(23)12(3)32/h9-12,14-17,32H,4-8,23H2,1-3H3,(H,26,28)(H,29,33)(H,30,34)(H,31,35)(H,36,37)(H4,24,25,27). The molecule has 5 atom stereocenters. The van der Waals surface area contributed by atoms with E-state index in [4.69, 9.17) is 17.2 Å². The Morgan fingerprint density at radius 1 is 1.03 bits per heavy atom. The number of aromatic amines is 1. The van der Waals surface area contributed by atoms with Crippen molar-refractivity contribution < 1.29 is 29.4 Å². The minimum Gasteiger partial charge on any atom is -0.480 e. The Hall–Kier alpha value is -3.72. The Labute approximate surface area is 215 Å². The molecule has 1 rings (SSSR count). The van der Waals surface area contributed by atoms with Gasteiger partial charge in [-0.1, -0.05) is 13.8 Å². The zero-order valence-electron chi connectivity index (χ0n) is 21.3. The van der Waals surface area contributed by atoms with Crippen molar-refractivity contribution >= 4 is 29.7 Å². The SMILES string of the molecule is CC(C)CC(NC(=O)C(Cc1cnc[nH]1)NC(=O)C(N)C(C)O)C(=O)NC(CCCN=C(N)N)C(=O)O. The third-order valence-electron chi connectivity index (χ3n) is 5.33. The predicted octanol–water partition coefficient (Wildman–Crippen LogP) is -2.70. The largest absolute Gasteiger partial charge is 0.480 e. The number of imidazole rings is 1. The second-order valence-corrected chi connectivity index (χ2v) is 9.15. The number of carboxylic acids is 1. The van der Waals surface area contributed by atoms with Crippen molar-refractivity contribution in [3.8, 4) is 0 Å². The molecule has 0 aliphatic heterocycles. The van der Waals surface area contributed by atoms with Crippen LogP contribution in [0.2, 0.25) is 0 Å². The van der Waals surface area contributed by atoms with E-state index in [2.05, 4.69) is 30.9 Å². The molecule has 12 N–H and O–H groups in total. The van der Waals surface area contributed by atoms with Gasteiger partial charge in [0.25, 0.3) is 0 Å². The second kappa shape index (κ2) is 15.4. The highest BCUT2D eigenvalue weighted by Crippen LogP contribution is 2.09. The lowest BCUT2D eigenvalue weighted by molar-refractivity contribution is -0.142. The van der Waals surface area contributed by atoms with Crippen molar-refractivity contribution in [1.82, 2.24) is 25.9 Å². The number of hydrogen-bond donors (Lipinski definition) is 9. The van der Waals surface area contributed by atoms with Crippen molar-refractivity contribution in [1.29, 1.82) is 0 Å². The van der Waals surface area contributed by atoms with Crippen LogP contribution in [0.1, 0.15) is 45.7 Å². The summed E-state index contributed by atoms with van der Waals surface area (Å²) in [7, 11) is 0. The van der Waals surface area contributed by atoms with Crippen LogP contribution >= 0.6 is 0 Å². The van der Waals surface area contributed by atoms with Crippen molar-refractivity contribution in [3.63, 3.8) is 0 Å². The number of H-pyrrole nitrogens is 1. The molecule has 0 saturated heterocycles. The van der Waals surface area contributed by atoms with Crippen LogP contribution in [0.15, 0.2) is 17.5 Å². The van der Waals surface area contributed by atoms with Crippen LogP contribution in [0.4, 0.5) is 0 Å². The highest BCUT2D eigenvalue weighted by atomic mass is 16.4. The molecule has 15 heteroatoms. The van der Waals surface area contributed by atoms with Crippen molar-refractivity contribution in [2.75, 3.05) is 6.54 Å². The van der Waals surface area contributed by atoms with Crippen LogP contribution in [-0.2, 0) is 25.6 Å². The van der Waals surface area contributed by atoms with E-state index in [-0.39, 0.29) is 37.7 Å². The summed E-state index contributed by atoms with van der Waals surface area (Å²) in [6, 6.07) is -4.74. The van der Waals surface area contributed by atoms with E-state index in [1.54, 1.807) is 0 Å². The first-order valence-corrected chi connectivity index (χ1v) is 11.9. The van der Waals surface area contributed by atoms with E-state index >= 15 is 0 Å². The molecule has 1 heterocycles. The molecule has 1 aromatic heterocycles. The lowest BCUT2D eigenvalue weighted by Gasteiger charge is -2.26. The fourth-order valence-corrected chi connectivity index (χ4v) is 3.32. The minimum atomic E-state index is -1.28. The number of aliphatic carboxylic acids is 1. The molecule has 5 unspecified atom stereocenters. The smallest absolute Gasteiger partial charge is 0.326 e. The van der Waals surface area contributed by atoms with Gasteiger partial charge in [0.05, 0.1) is 12.4 Å². The molecule has 37 heavy (non-hydrogen) atoms. The third-order valence-corrected chi connectivity index (χ3v) is 5.33. The number of carbonyl (C=O) groups excluding carboxylic acids is 3. The summed E-state index contributed by atoms with van der Waals surface area (Å²) in [5.41, 5.74) is 16.7. The van der Waals surface area contributed by atoms with Crippen molar-refractivity contribution in [2.45, 2.75) is 76.7 Å². The molecule has 0 aromatic carbocycles. The lowest BCUT2D eigenvalue weighted by Crippen LogP contribution is -2.58. The van der Waals surface area contributed by atoms with Gasteiger partial charge < -0.3 is 48.3 Å². The number of aromatic nitrogens is 2. The third kappa shape index (κ3) is 11.7. The highest BCUT2D eigenvalue weighted by molar-refractivity contribution is 5.94. The van der Waals surface area contributed by atoms with Crippen LogP contribution in [-0.4, -0.2) is 86.6 Å². The summed E-state index contributed by atoms with van der Waals surface area (Å²) in [5.74, 6) is -3.55. The molecule has 3 amide bonds. The Morgan fingerprint density at radius 2 is 1.62 bits per heavy atom. The number of carbonyl (C=O) groups is 4. The van der Waals surface area contributed by atoms with Crippen LogP contribution < -0.4 is 33.2 Å². The number of aliphatic hydroxyl groups is 1. The van der Waals surface area contributed by atoms with Crippen LogP contribution in [0.5, 0.6) is 0 Å². The summed E-state index contributed by atoms with van der Waals surface area (Å²) in [6.07, 6.45) is 2.29. The van der Waals surface area contributed by atoms with Gasteiger partial charge in [0.1, 0.15) is 24.2 Å². The Bertz CT molecular complexity index is 916. The Morgan fingerprint density at radius 3 is 2.14 bits per heavy atom. The molecular weight excluding hydrogens is 486 g/mol. The summed E-state index contributed by atoms with van der Waals surface area (Å²) < 4.78 is 0. The van der Waals surface area contributed by atoms with Gasteiger partial charge in [0.2, 0.25) is 17.7 Å². The number of guanidine groups is 1. The fourth-order valence-electron chi connectivity index (χ4n) is 3.32. The normalized spacial score (nSPS) is 15.1. The molecule has 0 bridgehead atoms. The molecule has 0 radical (unpaired) electrons. The number of nitrogens with one attached hydrogen (secondary N) is 4. The quantitative estimate of drug-likeness (QED) is 0.0612. The molecule has 0 saturated carbocycles. The summed E-state index contributed by atoms with van der Waals surface area (Å²) in [6.45, 7) is 5.20. The highest BCUT2D eigenvalue weighted by Gasteiger charge is 2.31. The molecule has 0 spiro atoms. The fraction of sp³-hybridized carbons (Fsp3) is 0.636. The molecule has 0 aliphatic carbocycles. The van der Waals surface area contributed by atoms with E-state index < -0.39 is 54.0 Å². The molecule has 15 nitrogen and oxygen atoms in total. The monoisotopic (exact) mass is 525 g/mol. The van der Waals surface area contributed by atoms with Crippen LogP contribution in [0.25, 0.3) is 0 Å². The number of hydrogen-bond acceptors (Lipinski definition) is 8. The van der Waals surface area contributed by atoms with E-state index in [1.807, 2.05) is 13.8 Å². The van der Waals surface area contributed by atoms with E-state index in [0.717, 1.165) is 0 Å². The molecule has 208 valence electrons. The van der Waals surface area contributed by atoms with Crippen LogP contribution in [0, 0.1) is 5.92 Å². The zero-order valence-corrected chi connectivity index (χ0v) is 21.3. The number of amides is 3. The maximum atomic E-state index is 13.2. The minimum absolute atomic E-state index is 0.00264. The van der Waals surface area contributed by atoms with Gasteiger partial charge in [-0.05, 0) is 32.1 Å². The molecule has 0 aliphatic rings. The number of aliphatic hydroxyl groups excluding tert-OH is 1. The van der Waals surface area contributed by atoms with Gasteiger partial charge >= 0.3 is 5.97 Å². The average Bonchev–Trinajstić information content (AvgIpc) is 3.31. The number of nitrogens with two attached hydrogens (primary N) is 3. The van der Waals surface area contributed by atoms with Crippen molar-refractivity contribution in [2.24, 2.45) is 28.1 Å². The Kier molecular flexibility index (Phi) is 13.0. The predicted molar refractivity (Wildman–Crippen MR) is 135 cm³/mol. The lowest BCUT2D eigenvalue weighted by atomic mass is 10.0. The first-order chi connectivity index (χ1) is 17.3. The number of nitrogens with zero attached hydrogens (tertiary/aromatic N) is 2. The first-order valence-electron chi connectivity index (χ1n) is 11.9. The molecule has 1 aromatic rings. The molecular formula is C22H39N9O6. The number of carboxylic acid groups (broad SMARTS) is 1. The number of rotatable bonds is 16. The average molecular weight is 526 g/mol. The van der Waals surface area contributed by atoms with Crippen molar-refractivity contribution in [3.05, 3.63) is 18.2 Å².